The molecule has 0 bridgehead atoms. The van der Waals surface area contributed by atoms with Gasteiger partial charge in [0, 0.05) is 21.2 Å². The van der Waals surface area contributed by atoms with Crippen molar-refractivity contribution in [1.29, 1.82) is 0 Å². The van der Waals surface area contributed by atoms with Crippen LogP contribution in [0.1, 0.15) is 11.1 Å². The number of hydrogen-bond acceptors (Lipinski definition) is 2. The molecule has 2 aromatic rings. The van der Waals surface area contributed by atoms with Crippen molar-refractivity contribution in [2.45, 2.75) is 17.6 Å². The first-order chi connectivity index (χ1) is 8.59. The fourth-order valence-electron chi connectivity index (χ4n) is 1.75. The Kier molecular flexibility index (Phi) is 4.04. The molecule has 4 heteroatoms. The van der Waals surface area contributed by atoms with Crippen molar-refractivity contribution in [2.75, 3.05) is 5.73 Å². The molecule has 0 saturated heterocycles. The van der Waals surface area contributed by atoms with E-state index in [1.165, 1.54) is 0 Å². The molecule has 2 nitrogen and oxygen atoms in total. The highest BCUT2D eigenvalue weighted by Crippen LogP contribution is 2.25. The first-order valence-electron chi connectivity index (χ1n) is 5.56. The quantitative estimate of drug-likeness (QED) is 0.874. The van der Waals surface area contributed by atoms with E-state index in [-0.39, 0.29) is 0 Å². The Bertz CT molecular complexity index is 578. The maximum atomic E-state index is 12.3. The minimum Gasteiger partial charge on any atom is -0.398 e. The second-order valence-corrected chi connectivity index (χ2v) is 5.89. The average Bonchev–Trinajstić information content (AvgIpc) is 2.34. The van der Waals surface area contributed by atoms with Crippen LogP contribution in [-0.4, -0.2) is 4.21 Å². The van der Waals surface area contributed by atoms with E-state index in [1.807, 2.05) is 31.2 Å². The molecule has 0 amide bonds. The van der Waals surface area contributed by atoms with Gasteiger partial charge in [0.25, 0.3) is 0 Å². The van der Waals surface area contributed by atoms with Crippen LogP contribution in [0.15, 0.2) is 47.4 Å². The van der Waals surface area contributed by atoms with E-state index in [0.29, 0.717) is 16.5 Å². The SMILES string of the molecule is Cc1ccccc1S(=O)Cc1c(N)cccc1Cl. The summed E-state index contributed by atoms with van der Waals surface area (Å²) in [5, 5.41) is 0.567. The van der Waals surface area contributed by atoms with Crippen molar-refractivity contribution >= 4 is 28.1 Å². The molecule has 0 fully saturated rings. The number of benzene rings is 2. The molecule has 0 spiro atoms. The van der Waals surface area contributed by atoms with Crippen molar-refractivity contribution in [3.8, 4) is 0 Å². The summed E-state index contributed by atoms with van der Waals surface area (Å²) in [6.45, 7) is 1.95. The van der Waals surface area contributed by atoms with Crippen LogP contribution in [-0.2, 0) is 16.6 Å². The molecule has 2 N–H and O–H groups in total. The predicted molar refractivity (Wildman–Crippen MR) is 77.2 cm³/mol. The molecular weight excluding hydrogens is 266 g/mol. The van der Waals surface area contributed by atoms with E-state index in [4.69, 9.17) is 17.3 Å². The van der Waals surface area contributed by atoms with Crippen LogP contribution in [0.3, 0.4) is 0 Å². The summed E-state index contributed by atoms with van der Waals surface area (Å²) in [4.78, 5) is 0.830. The van der Waals surface area contributed by atoms with E-state index in [9.17, 15) is 4.21 Å². The first kappa shape index (κ1) is 13.1. The van der Waals surface area contributed by atoms with E-state index < -0.39 is 10.8 Å². The Labute approximate surface area is 114 Å². The zero-order chi connectivity index (χ0) is 13.1. The van der Waals surface area contributed by atoms with Gasteiger partial charge in [0.1, 0.15) is 0 Å². The summed E-state index contributed by atoms with van der Waals surface area (Å²) in [5.41, 5.74) is 8.22. The normalized spacial score (nSPS) is 12.3. The average molecular weight is 280 g/mol. The lowest BCUT2D eigenvalue weighted by Gasteiger charge is -2.09. The Morgan fingerprint density at radius 1 is 1.17 bits per heavy atom. The second kappa shape index (κ2) is 5.55. The summed E-state index contributed by atoms with van der Waals surface area (Å²) in [6.07, 6.45) is 0. The minimum absolute atomic E-state index is 0.344. The van der Waals surface area contributed by atoms with Crippen LogP contribution in [0, 0.1) is 6.92 Å². The molecule has 94 valence electrons. The maximum absolute atomic E-state index is 12.3. The van der Waals surface area contributed by atoms with Gasteiger partial charge in [-0.15, -0.1) is 0 Å². The number of rotatable bonds is 3. The van der Waals surface area contributed by atoms with Gasteiger partial charge in [0.2, 0.25) is 0 Å². The topological polar surface area (TPSA) is 43.1 Å². The molecule has 0 aliphatic heterocycles. The van der Waals surface area contributed by atoms with Gasteiger partial charge in [-0.05, 0) is 30.7 Å². The van der Waals surface area contributed by atoms with Crippen LogP contribution < -0.4 is 5.73 Å². The van der Waals surface area contributed by atoms with Crippen LogP contribution >= 0.6 is 11.6 Å². The lowest BCUT2D eigenvalue weighted by Crippen LogP contribution is -2.02. The molecule has 0 aliphatic carbocycles. The fourth-order valence-corrected chi connectivity index (χ4v) is 3.47. The number of halogens is 1. The third-order valence-corrected chi connectivity index (χ3v) is 4.62. The molecule has 0 aliphatic rings. The van der Waals surface area contributed by atoms with E-state index in [2.05, 4.69) is 0 Å². The Hall–Kier alpha value is -1.32. The summed E-state index contributed by atoms with van der Waals surface area (Å²) in [7, 11) is -1.13. The van der Waals surface area contributed by atoms with Crippen molar-refractivity contribution in [2.24, 2.45) is 0 Å². The largest absolute Gasteiger partial charge is 0.398 e. The lowest BCUT2D eigenvalue weighted by atomic mass is 10.2. The number of anilines is 1. The molecule has 0 saturated carbocycles. The molecule has 0 heterocycles. The van der Waals surface area contributed by atoms with Crippen molar-refractivity contribution in [3.63, 3.8) is 0 Å². The molecule has 18 heavy (non-hydrogen) atoms. The summed E-state index contributed by atoms with van der Waals surface area (Å²) in [5.74, 6) is 0.344. The van der Waals surface area contributed by atoms with Gasteiger partial charge in [-0.25, -0.2) is 0 Å². The Morgan fingerprint density at radius 2 is 1.89 bits per heavy atom. The van der Waals surface area contributed by atoms with Gasteiger partial charge < -0.3 is 5.73 Å². The minimum atomic E-state index is -1.13. The number of hydrogen-bond donors (Lipinski definition) is 1. The molecule has 1 atom stereocenters. The Balaban J connectivity index is 2.30. The van der Waals surface area contributed by atoms with Crippen LogP contribution in [0.25, 0.3) is 0 Å². The molecule has 2 rings (SSSR count). The standard InChI is InChI=1S/C14H14ClNOS/c1-10-5-2-3-8-14(10)18(17)9-11-12(15)6-4-7-13(11)16/h2-8H,9,16H2,1H3. The number of nitrogen functional groups attached to an aromatic ring is 1. The van der Waals surface area contributed by atoms with Gasteiger partial charge in [-0.1, -0.05) is 35.9 Å². The van der Waals surface area contributed by atoms with Gasteiger partial charge in [-0.3, -0.25) is 4.21 Å². The third-order valence-electron chi connectivity index (χ3n) is 2.77. The van der Waals surface area contributed by atoms with Gasteiger partial charge in [0.05, 0.1) is 16.6 Å². The Morgan fingerprint density at radius 3 is 2.56 bits per heavy atom. The summed E-state index contributed by atoms with van der Waals surface area (Å²) >= 11 is 6.09. The molecule has 2 aromatic carbocycles. The van der Waals surface area contributed by atoms with Gasteiger partial charge in [0.15, 0.2) is 0 Å². The zero-order valence-corrected chi connectivity index (χ0v) is 11.6. The smallest absolute Gasteiger partial charge is 0.0578 e. The monoisotopic (exact) mass is 279 g/mol. The van der Waals surface area contributed by atoms with Crippen molar-refractivity contribution in [3.05, 3.63) is 58.6 Å². The first-order valence-corrected chi connectivity index (χ1v) is 7.26. The molecule has 0 radical (unpaired) electrons. The molecular formula is C14H14ClNOS. The van der Waals surface area contributed by atoms with E-state index in [0.717, 1.165) is 16.0 Å². The number of aryl methyl sites for hydroxylation is 1. The van der Waals surface area contributed by atoms with Crippen molar-refractivity contribution < 1.29 is 4.21 Å². The summed E-state index contributed by atoms with van der Waals surface area (Å²) < 4.78 is 12.3. The van der Waals surface area contributed by atoms with Gasteiger partial charge in [-0.2, -0.15) is 0 Å². The lowest BCUT2D eigenvalue weighted by molar-refractivity contribution is 0.682. The maximum Gasteiger partial charge on any atom is 0.0578 e. The van der Waals surface area contributed by atoms with Crippen molar-refractivity contribution in [1.82, 2.24) is 0 Å². The molecule has 0 aromatic heterocycles. The highest BCUT2D eigenvalue weighted by Gasteiger charge is 2.12. The van der Waals surface area contributed by atoms with Crippen LogP contribution in [0.2, 0.25) is 5.02 Å². The van der Waals surface area contributed by atoms with Gasteiger partial charge >= 0.3 is 0 Å². The molecule has 1 unspecified atom stereocenters. The van der Waals surface area contributed by atoms with E-state index >= 15 is 0 Å². The highest BCUT2D eigenvalue weighted by atomic mass is 35.5. The van der Waals surface area contributed by atoms with E-state index in [1.54, 1.807) is 18.2 Å². The fraction of sp³-hybridized carbons (Fsp3) is 0.143. The summed E-state index contributed by atoms with van der Waals surface area (Å²) in [6, 6.07) is 13.0. The third kappa shape index (κ3) is 2.74. The zero-order valence-electron chi connectivity index (χ0n) is 10.0. The highest BCUT2D eigenvalue weighted by molar-refractivity contribution is 7.84. The van der Waals surface area contributed by atoms with Crippen LogP contribution in [0.5, 0.6) is 0 Å². The predicted octanol–water partition coefficient (Wildman–Crippen LogP) is 3.54. The second-order valence-electron chi connectivity index (χ2n) is 4.06. The number of nitrogens with two attached hydrogens (primary N) is 1. The van der Waals surface area contributed by atoms with Crippen LogP contribution in [0.4, 0.5) is 5.69 Å².